The van der Waals surface area contributed by atoms with Crippen LogP contribution < -0.4 is 21.3 Å². The molecule has 4 fully saturated rings. The second kappa shape index (κ2) is 26.3. The molecule has 0 spiro atoms. The van der Waals surface area contributed by atoms with Gasteiger partial charge in [-0.15, -0.1) is 0 Å². The van der Waals surface area contributed by atoms with Crippen LogP contribution in [0.5, 0.6) is 0 Å². The van der Waals surface area contributed by atoms with Gasteiger partial charge in [0.05, 0.1) is 11.4 Å². The summed E-state index contributed by atoms with van der Waals surface area (Å²) in [5, 5.41) is 32.4. The number of hydrogen-bond donors (Lipinski definition) is 6. The average Bonchev–Trinajstić information content (AvgIpc) is 3.15. The molecule has 1 aromatic rings. The van der Waals surface area contributed by atoms with Gasteiger partial charge in [0, 0.05) is 79.3 Å². The summed E-state index contributed by atoms with van der Waals surface area (Å²) in [6, 6.07) is 9.34. The van der Waals surface area contributed by atoms with Gasteiger partial charge >= 0.3 is 11.9 Å². The van der Waals surface area contributed by atoms with Crippen molar-refractivity contribution in [3.63, 3.8) is 0 Å². The topological polar surface area (TPSA) is 136 Å². The number of carboxylic acid groups (broad SMARTS) is 2. The molecule has 10 heteroatoms. The molecule has 6 rings (SSSR count). The maximum absolute atomic E-state index is 10.2. The number of aromatic nitrogens is 1. The van der Waals surface area contributed by atoms with Gasteiger partial charge < -0.3 is 31.5 Å². The predicted molar refractivity (Wildman–Crippen MR) is 212 cm³/mol. The summed E-state index contributed by atoms with van der Waals surface area (Å²) in [6.07, 6.45) is 28.7. The van der Waals surface area contributed by atoms with Crippen LogP contribution in [0.4, 0.5) is 0 Å². The van der Waals surface area contributed by atoms with Crippen LogP contribution in [-0.4, -0.2) is 64.4 Å². The summed E-state index contributed by atoms with van der Waals surface area (Å²) in [5.41, 5.74) is 2.34. The molecule has 4 saturated carbocycles. The van der Waals surface area contributed by atoms with Crippen molar-refractivity contribution >= 4 is 11.9 Å². The minimum atomic E-state index is -0.647. The minimum Gasteiger partial charge on any atom is -0.481 e. The number of fused-ring (bicyclic) bond motifs is 4. The normalized spacial score (nSPS) is 28.7. The first-order valence-electron chi connectivity index (χ1n) is 21.7. The van der Waals surface area contributed by atoms with Crippen LogP contribution in [0.2, 0.25) is 0 Å². The van der Waals surface area contributed by atoms with Crippen LogP contribution in [0.25, 0.3) is 0 Å². The van der Waals surface area contributed by atoms with Crippen molar-refractivity contribution in [2.45, 2.75) is 204 Å². The molecule has 0 unspecified atom stereocenters. The first-order valence-corrected chi connectivity index (χ1v) is 21.7. The van der Waals surface area contributed by atoms with Crippen molar-refractivity contribution in [3.05, 3.63) is 29.6 Å². The molecule has 9 nitrogen and oxygen atoms in total. The van der Waals surface area contributed by atoms with E-state index in [1.807, 2.05) is 0 Å². The molecule has 53 heavy (non-hydrogen) atoms. The molecule has 4 aliphatic carbocycles. The third kappa shape index (κ3) is 17.9. The van der Waals surface area contributed by atoms with Crippen molar-refractivity contribution in [3.8, 4) is 0 Å². The molecule has 1 aliphatic heterocycles. The molecule has 0 amide bonds. The SMILES string of the molecule is C[C@H]1N[C@@H]2CCCC[C@H]2NCCN[C@@H]2CCCC[C@H]2N[C@H](C)c2cccc1n2.O=C(O)CCCC1CCCCC1.O=C(O)CCCC1CCCCC1.[Mn]. The fourth-order valence-electron chi connectivity index (χ4n) is 9.46. The molecule has 0 saturated heterocycles. The Morgan fingerprint density at radius 2 is 0.943 bits per heavy atom. The second-order valence-corrected chi connectivity index (χ2v) is 16.7. The van der Waals surface area contributed by atoms with Crippen molar-refractivity contribution in [1.82, 2.24) is 26.3 Å². The van der Waals surface area contributed by atoms with Crippen LogP contribution in [0.3, 0.4) is 0 Å². The first-order chi connectivity index (χ1) is 25.3. The van der Waals surface area contributed by atoms with Crippen LogP contribution in [0, 0.1) is 11.8 Å². The minimum absolute atomic E-state index is 0. The summed E-state index contributed by atoms with van der Waals surface area (Å²) < 4.78 is 0. The van der Waals surface area contributed by atoms with E-state index in [4.69, 9.17) is 15.2 Å². The fourth-order valence-corrected chi connectivity index (χ4v) is 9.46. The Kier molecular flexibility index (Phi) is 22.8. The monoisotopic (exact) mass is 781 g/mol. The van der Waals surface area contributed by atoms with Crippen molar-refractivity contribution in [2.75, 3.05) is 13.1 Å². The number of nitrogens with zero attached hydrogens (tertiary/aromatic N) is 1. The molecular weight excluding hydrogens is 705 g/mol. The molecule has 2 bridgehead atoms. The number of hydrogen-bond acceptors (Lipinski definition) is 7. The van der Waals surface area contributed by atoms with E-state index in [0.29, 0.717) is 37.0 Å². The first kappa shape index (κ1) is 45.8. The Morgan fingerprint density at radius 3 is 1.32 bits per heavy atom. The third-order valence-electron chi connectivity index (χ3n) is 12.5. The van der Waals surface area contributed by atoms with E-state index in [9.17, 15) is 9.59 Å². The molecule has 2 heterocycles. The molecule has 1 aromatic heterocycles. The summed E-state index contributed by atoms with van der Waals surface area (Å²) >= 11 is 0. The Morgan fingerprint density at radius 1 is 0.585 bits per heavy atom. The van der Waals surface area contributed by atoms with Crippen LogP contribution >= 0.6 is 0 Å². The Hall–Kier alpha value is -1.55. The summed E-state index contributed by atoms with van der Waals surface area (Å²) in [7, 11) is 0. The van der Waals surface area contributed by atoms with E-state index in [2.05, 4.69) is 53.3 Å². The van der Waals surface area contributed by atoms with Gasteiger partial charge in [-0.1, -0.05) is 96.0 Å². The van der Waals surface area contributed by atoms with E-state index < -0.39 is 11.9 Å². The molecule has 5 aliphatic rings. The molecule has 6 N–H and O–H groups in total. The van der Waals surface area contributed by atoms with E-state index in [-0.39, 0.29) is 29.2 Å². The molecule has 6 atom stereocenters. The summed E-state index contributed by atoms with van der Waals surface area (Å²) in [5.74, 6) is 0.368. The molecule has 1 radical (unpaired) electrons. The van der Waals surface area contributed by atoms with Gasteiger partial charge in [0.2, 0.25) is 0 Å². The van der Waals surface area contributed by atoms with Gasteiger partial charge in [-0.25, -0.2) is 0 Å². The predicted octanol–water partition coefficient (Wildman–Crippen LogP) is 8.84. The van der Waals surface area contributed by atoms with Gasteiger partial charge in [-0.05, 0) is 89.2 Å². The zero-order chi connectivity index (χ0) is 37.0. The molecule has 303 valence electrons. The largest absolute Gasteiger partial charge is 0.481 e. The quantitative estimate of drug-likeness (QED) is 0.143. The average molecular weight is 781 g/mol. The van der Waals surface area contributed by atoms with E-state index in [1.54, 1.807) is 0 Å². The molecular formula is C43H75MnN5O4. The van der Waals surface area contributed by atoms with Gasteiger partial charge in [0.25, 0.3) is 0 Å². The summed E-state index contributed by atoms with van der Waals surface area (Å²) in [4.78, 5) is 25.5. The Labute approximate surface area is 332 Å². The van der Waals surface area contributed by atoms with Crippen LogP contribution in [0.15, 0.2) is 18.2 Å². The van der Waals surface area contributed by atoms with Crippen LogP contribution in [0.1, 0.15) is 191 Å². The van der Waals surface area contributed by atoms with Gasteiger partial charge in [0.15, 0.2) is 0 Å². The van der Waals surface area contributed by atoms with Crippen LogP contribution in [-0.2, 0) is 26.7 Å². The third-order valence-corrected chi connectivity index (χ3v) is 12.5. The number of carboxylic acids is 2. The molecule has 0 aromatic carbocycles. The number of carbonyl (C=O) groups is 2. The van der Waals surface area contributed by atoms with E-state index in [0.717, 1.165) is 50.6 Å². The van der Waals surface area contributed by atoms with Crippen molar-refractivity contribution < 1.29 is 36.9 Å². The Balaban J connectivity index is 0.000000251. The van der Waals surface area contributed by atoms with E-state index in [1.165, 1.54) is 127 Å². The zero-order valence-corrected chi connectivity index (χ0v) is 34.5. The van der Waals surface area contributed by atoms with Gasteiger partial charge in [-0.2, -0.15) is 0 Å². The standard InChI is InChI=1S/C23H39N5.2C10H18O2.Mn/c1-16-18-12-7-13-19(28-18)17(2)27-23-11-6-4-9-21(23)25-15-14-24-20-8-3-5-10-22(20)26-16;2*11-10(12)8-4-7-9-5-2-1-3-6-9;/h7,12-13,16-17,20-27H,3-6,8-11,14-15H2,1-2H3;2*9H,1-8H2,(H,11,12);/t16-,17-,20-,21-,22-,23-;;;/m1.../s1. The van der Waals surface area contributed by atoms with E-state index >= 15 is 0 Å². The number of rotatable bonds is 8. The fraction of sp³-hybridized carbons (Fsp3) is 0.837. The maximum atomic E-state index is 10.2. The van der Waals surface area contributed by atoms with Crippen molar-refractivity contribution in [1.29, 1.82) is 0 Å². The van der Waals surface area contributed by atoms with Crippen molar-refractivity contribution in [2.24, 2.45) is 11.8 Å². The smallest absolute Gasteiger partial charge is 0.303 e. The number of aliphatic carboxylic acids is 2. The second-order valence-electron chi connectivity index (χ2n) is 16.7. The maximum Gasteiger partial charge on any atom is 0.303 e. The van der Waals surface area contributed by atoms with Gasteiger partial charge in [0.1, 0.15) is 0 Å². The Bertz CT molecular complexity index is 1060. The summed E-state index contributed by atoms with van der Waals surface area (Å²) in [6.45, 7) is 6.66. The van der Waals surface area contributed by atoms with Gasteiger partial charge in [-0.3, -0.25) is 14.6 Å². The number of pyridine rings is 1. The number of nitrogens with one attached hydrogen (secondary N) is 4. The zero-order valence-electron chi connectivity index (χ0n) is 33.3.